The van der Waals surface area contributed by atoms with Gasteiger partial charge in [-0.2, -0.15) is 0 Å². The molecule has 4 nitrogen and oxygen atoms in total. The third-order valence-corrected chi connectivity index (χ3v) is 2.63. The Kier molecular flexibility index (Phi) is 9.38. The van der Waals surface area contributed by atoms with Gasteiger partial charge in [0.25, 0.3) is 0 Å². The van der Waals surface area contributed by atoms with Crippen LogP contribution in [0.25, 0.3) is 0 Å². The summed E-state index contributed by atoms with van der Waals surface area (Å²) in [5.41, 5.74) is 5.39. The van der Waals surface area contributed by atoms with Gasteiger partial charge in [0.1, 0.15) is 0 Å². The van der Waals surface area contributed by atoms with Gasteiger partial charge >= 0.3 is 0 Å². The number of thioether (sulfide) groups is 1. The van der Waals surface area contributed by atoms with Crippen LogP contribution in [-0.2, 0) is 9.53 Å². The standard InChI is InChI=1S/C10H18N2O2S/c1-3-5-15-6-4-12-10(13)7-9(8-11)14-2/h1,9H,4-8,11H2,2H3,(H,12,13). The Labute approximate surface area is 95.3 Å². The van der Waals surface area contributed by atoms with Crippen LogP contribution in [0, 0.1) is 12.3 Å². The number of nitrogens with one attached hydrogen (secondary N) is 1. The largest absolute Gasteiger partial charge is 0.380 e. The first kappa shape index (κ1) is 14.3. The Bertz CT molecular complexity index is 212. The molecule has 0 aromatic heterocycles. The lowest BCUT2D eigenvalue weighted by Crippen LogP contribution is -2.33. The fourth-order valence-corrected chi connectivity index (χ4v) is 1.44. The van der Waals surface area contributed by atoms with Gasteiger partial charge in [-0.25, -0.2) is 0 Å². The lowest BCUT2D eigenvalue weighted by atomic mass is 10.2. The monoisotopic (exact) mass is 230 g/mol. The molecule has 0 spiro atoms. The topological polar surface area (TPSA) is 64.4 Å². The first-order valence-corrected chi connectivity index (χ1v) is 5.90. The second kappa shape index (κ2) is 9.84. The Morgan fingerprint density at radius 2 is 2.47 bits per heavy atom. The molecule has 3 N–H and O–H groups in total. The average molecular weight is 230 g/mol. The molecular weight excluding hydrogens is 212 g/mol. The van der Waals surface area contributed by atoms with E-state index in [0.29, 0.717) is 25.3 Å². The van der Waals surface area contributed by atoms with E-state index >= 15 is 0 Å². The van der Waals surface area contributed by atoms with Crippen LogP contribution in [0.3, 0.4) is 0 Å². The van der Waals surface area contributed by atoms with Gasteiger partial charge in [0.15, 0.2) is 0 Å². The number of terminal acetylenes is 1. The number of ether oxygens (including phenoxy) is 1. The minimum absolute atomic E-state index is 0.0337. The van der Waals surface area contributed by atoms with Gasteiger partial charge in [-0.05, 0) is 0 Å². The van der Waals surface area contributed by atoms with Crippen LogP contribution in [0.4, 0.5) is 0 Å². The number of hydrogen-bond acceptors (Lipinski definition) is 4. The molecule has 0 aliphatic rings. The number of carbonyl (C=O) groups is 1. The van der Waals surface area contributed by atoms with Crippen molar-refractivity contribution in [3.63, 3.8) is 0 Å². The van der Waals surface area contributed by atoms with E-state index < -0.39 is 0 Å². The Hall–Kier alpha value is -0.700. The van der Waals surface area contributed by atoms with Gasteiger partial charge in [-0.1, -0.05) is 5.92 Å². The lowest BCUT2D eigenvalue weighted by Gasteiger charge is -2.12. The highest BCUT2D eigenvalue weighted by Gasteiger charge is 2.10. The van der Waals surface area contributed by atoms with Crippen LogP contribution in [0.2, 0.25) is 0 Å². The third-order valence-electron chi connectivity index (χ3n) is 1.76. The summed E-state index contributed by atoms with van der Waals surface area (Å²) in [4.78, 5) is 11.3. The summed E-state index contributed by atoms with van der Waals surface area (Å²) in [7, 11) is 1.55. The fourth-order valence-electron chi connectivity index (χ4n) is 0.936. The van der Waals surface area contributed by atoms with Crippen LogP contribution < -0.4 is 11.1 Å². The van der Waals surface area contributed by atoms with Gasteiger partial charge in [0.05, 0.1) is 18.3 Å². The lowest BCUT2D eigenvalue weighted by molar-refractivity contribution is -0.123. The van der Waals surface area contributed by atoms with Gasteiger partial charge in [-0.15, -0.1) is 18.2 Å². The Balaban J connectivity index is 3.45. The van der Waals surface area contributed by atoms with Crippen molar-refractivity contribution >= 4 is 17.7 Å². The summed E-state index contributed by atoms with van der Waals surface area (Å²) in [5.74, 6) is 4.00. The van der Waals surface area contributed by atoms with E-state index in [0.717, 1.165) is 5.75 Å². The molecule has 0 radical (unpaired) electrons. The van der Waals surface area contributed by atoms with E-state index in [1.54, 1.807) is 18.9 Å². The maximum atomic E-state index is 11.3. The zero-order valence-electron chi connectivity index (χ0n) is 8.99. The van der Waals surface area contributed by atoms with Crippen LogP contribution in [0.1, 0.15) is 6.42 Å². The van der Waals surface area contributed by atoms with E-state index in [9.17, 15) is 4.79 Å². The van der Waals surface area contributed by atoms with Crippen molar-refractivity contribution in [2.24, 2.45) is 5.73 Å². The molecular formula is C10H18N2O2S. The molecule has 0 bridgehead atoms. The third kappa shape index (κ3) is 8.30. The normalized spacial score (nSPS) is 11.8. The highest BCUT2D eigenvalue weighted by atomic mass is 32.2. The number of carbonyl (C=O) groups excluding carboxylic acids is 1. The Morgan fingerprint density at radius 3 is 3.00 bits per heavy atom. The molecule has 5 heteroatoms. The average Bonchev–Trinajstić information content (AvgIpc) is 2.25. The van der Waals surface area contributed by atoms with Gasteiger partial charge in [0.2, 0.25) is 5.91 Å². The number of methoxy groups -OCH3 is 1. The van der Waals surface area contributed by atoms with Crippen LogP contribution in [0.5, 0.6) is 0 Å². The van der Waals surface area contributed by atoms with Crippen LogP contribution in [-0.4, -0.2) is 43.7 Å². The van der Waals surface area contributed by atoms with Crippen LogP contribution in [0.15, 0.2) is 0 Å². The Morgan fingerprint density at radius 1 is 1.73 bits per heavy atom. The summed E-state index contributed by atoms with van der Waals surface area (Å²) in [6, 6.07) is 0. The van der Waals surface area contributed by atoms with Crippen molar-refractivity contribution in [1.29, 1.82) is 0 Å². The molecule has 1 atom stereocenters. The van der Waals surface area contributed by atoms with Gasteiger partial charge in [-0.3, -0.25) is 4.79 Å². The smallest absolute Gasteiger partial charge is 0.222 e. The molecule has 0 aliphatic carbocycles. The first-order valence-electron chi connectivity index (χ1n) is 4.75. The van der Waals surface area contributed by atoms with Crippen molar-refractivity contribution in [3.05, 3.63) is 0 Å². The molecule has 0 fully saturated rings. The molecule has 86 valence electrons. The summed E-state index contributed by atoms with van der Waals surface area (Å²) >= 11 is 1.62. The van der Waals surface area contributed by atoms with Crippen molar-refractivity contribution in [3.8, 4) is 12.3 Å². The maximum absolute atomic E-state index is 11.3. The molecule has 0 aromatic rings. The summed E-state index contributed by atoms with van der Waals surface area (Å²) in [6.45, 7) is 0.988. The minimum Gasteiger partial charge on any atom is -0.380 e. The SMILES string of the molecule is C#CCSCCNC(=O)CC(CN)OC. The zero-order valence-corrected chi connectivity index (χ0v) is 9.81. The summed E-state index contributed by atoms with van der Waals surface area (Å²) in [6.07, 6.45) is 5.20. The van der Waals surface area contributed by atoms with E-state index in [1.165, 1.54) is 0 Å². The van der Waals surface area contributed by atoms with E-state index in [4.69, 9.17) is 16.9 Å². The van der Waals surface area contributed by atoms with Gasteiger partial charge < -0.3 is 15.8 Å². The summed E-state index contributed by atoms with van der Waals surface area (Å²) < 4.78 is 5.00. The quantitative estimate of drug-likeness (QED) is 0.449. The minimum atomic E-state index is -0.191. The second-order valence-corrected chi connectivity index (χ2v) is 4.01. The zero-order chi connectivity index (χ0) is 11.5. The highest BCUT2D eigenvalue weighted by molar-refractivity contribution is 7.99. The van der Waals surface area contributed by atoms with E-state index in [-0.39, 0.29) is 12.0 Å². The molecule has 0 aromatic carbocycles. The van der Waals surface area contributed by atoms with Crippen molar-refractivity contribution in [1.82, 2.24) is 5.32 Å². The maximum Gasteiger partial charge on any atom is 0.222 e. The van der Waals surface area contributed by atoms with Crippen molar-refractivity contribution < 1.29 is 9.53 Å². The predicted molar refractivity (Wildman–Crippen MR) is 63.6 cm³/mol. The summed E-state index contributed by atoms with van der Waals surface area (Å²) in [5, 5.41) is 2.78. The molecule has 1 unspecified atom stereocenters. The van der Waals surface area contributed by atoms with Crippen molar-refractivity contribution in [2.75, 3.05) is 31.7 Å². The van der Waals surface area contributed by atoms with Gasteiger partial charge in [0, 0.05) is 26.0 Å². The van der Waals surface area contributed by atoms with Crippen LogP contribution >= 0.6 is 11.8 Å². The molecule has 0 rings (SSSR count). The number of rotatable bonds is 8. The highest BCUT2D eigenvalue weighted by Crippen LogP contribution is 1.97. The number of nitrogens with two attached hydrogens (primary N) is 1. The van der Waals surface area contributed by atoms with E-state index in [1.807, 2.05) is 0 Å². The molecule has 15 heavy (non-hydrogen) atoms. The molecule has 0 heterocycles. The van der Waals surface area contributed by atoms with Crippen molar-refractivity contribution in [2.45, 2.75) is 12.5 Å². The molecule has 0 saturated carbocycles. The number of amides is 1. The predicted octanol–water partition coefficient (Wildman–Crippen LogP) is -0.167. The number of hydrogen-bond donors (Lipinski definition) is 2. The second-order valence-electron chi connectivity index (χ2n) is 2.90. The first-order chi connectivity index (χ1) is 7.24. The fraction of sp³-hybridized carbons (Fsp3) is 0.700. The van der Waals surface area contributed by atoms with E-state index in [2.05, 4.69) is 11.2 Å². The molecule has 1 amide bonds. The molecule has 0 aliphatic heterocycles. The molecule has 0 saturated heterocycles.